The van der Waals surface area contributed by atoms with Crippen molar-refractivity contribution in [2.45, 2.75) is 39.3 Å². The lowest BCUT2D eigenvalue weighted by Gasteiger charge is -2.32. The van der Waals surface area contributed by atoms with Crippen LogP contribution in [0.1, 0.15) is 29.9 Å². The van der Waals surface area contributed by atoms with Gasteiger partial charge in [-0.2, -0.15) is 0 Å². The Hall–Kier alpha value is -2.80. The van der Waals surface area contributed by atoms with Crippen LogP contribution < -0.4 is 9.64 Å². The molecule has 0 aliphatic carbocycles. The third-order valence-corrected chi connectivity index (χ3v) is 5.29. The van der Waals surface area contributed by atoms with Gasteiger partial charge in [-0.15, -0.1) is 0 Å². The van der Waals surface area contributed by atoms with Gasteiger partial charge in [0.2, 0.25) is 5.91 Å². The number of furan rings is 1. The van der Waals surface area contributed by atoms with Crippen molar-refractivity contribution in [3.8, 4) is 5.75 Å². The molecule has 2 aliphatic heterocycles. The summed E-state index contributed by atoms with van der Waals surface area (Å²) in [5.41, 5.74) is 1.64. The predicted molar refractivity (Wildman–Crippen MR) is 107 cm³/mol. The van der Waals surface area contributed by atoms with E-state index in [0.29, 0.717) is 24.5 Å². The highest BCUT2D eigenvalue weighted by atomic mass is 16.5. The molecule has 2 amide bonds. The number of hydrogen-bond donors (Lipinski definition) is 0. The largest absolute Gasteiger partial charge is 0.482 e. The van der Waals surface area contributed by atoms with E-state index in [1.165, 1.54) is 4.90 Å². The minimum atomic E-state index is -0.220. The van der Waals surface area contributed by atoms with E-state index in [9.17, 15) is 9.59 Å². The Labute approximate surface area is 170 Å². The summed E-state index contributed by atoms with van der Waals surface area (Å²) in [5, 5.41) is 0. The van der Waals surface area contributed by atoms with Crippen LogP contribution in [0.5, 0.6) is 5.75 Å². The fraction of sp³-hybridized carbons (Fsp3) is 0.455. The molecular weight excluding hydrogens is 372 g/mol. The summed E-state index contributed by atoms with van der Waals surface area (Å²) in [6.45, 7) is 5.28. The molecule has 154 valence electrons. The Kier molecular flexibility index (Phi) is 5.58. The summed E-state index contributed by atoms with van der Waals surface area (Å²) in [5.74, 6) is 1.78. The van der Waals surface area contributed by atoms with Gasteiger partial charge >= 0.3 is 0 Å². The first-order valence-electron chi connectivity index (χ1n) is 9.98. The summed E-state index contributed by atoms with van der Waals surface area (Å²) in [6.07, 6.45) is 1.95. The summed E-state index contributed by atoms with van der Waals surface area (Å²) in [7, 11) is 0. The van der Waals surface area contributed by atoms with Crippen molar-refractivity contribution in [2.75, 3.05) is 31.2 Å². The fourth-order valence-electron chi connectivity index (χ4n) is 3.77. The summed E-state index contributed by atoms with van der Waals surface area (Å²) in [6, 6.07) is 9.40. The molecule has 0 bridgehead atoms. The lowest BCUT2D eigenvalue weighted by atomic mass is 10.1. The molecule has 1 saturated heterocycles. The quantitative estimate of drug-likeness (QED) is 0.748. The molecule has 4 rings (SSSR count). The number of benzene rings is 1. The first-order chi connectivity index (χ1) is 14.0. The molecular formula is C22H26N2O5. The van der Waals surface area contributed by atoms with Crippen molar-refractivity contribution in [1.82, 2.24) is 4.90 Å². The van der Waals surface area contributed by atoms with Crippen LogP contribution in [0.4, 0.5) is 5.69 Å². The van der Waals surface area contributed by atoms with Gasteiger partial charge in [0.05, 0.1) is 18.3 Å². The summed E-state index contributed by atoms with van der Waals surface area (Å²) >= 11 is 0. The first kappa shape index (κ1) is 19.5. The van der Waals surface area contributed by atoms with Crippen LogP contribution in [0.2, 0.25) is 0 Å². The molecule has 0 N–H and O–H groups in total. The number of fused-ring (bicyclic) bond motifs is 1. The van der Waals surface area contributed by atoms with Crippen LogP contribution in [0.15, 0.2) is 34.7 Å². The molecule has 3 heterocycles. The van der Waals surface area contributed by atoms with E-state index in [0.717, 1.165) is 36.5 Å². The van der Waals surface area contributed by atoms with Crippen molar-refractivity contribution in [3.05, 3.63) is 47.4 Å². The topological polar surface area (TPSA) is 72.2 Å². The second-order valence-corrected chi connectivity index (χ2v) is 7.66. The van der Waals surface area contributed by atoms with Crippen LogP contribution >= 0.6 is 0 Å². The molecule has 1 aromatic heterocycles. The third-order valence-electron chi connectivity index (χ3n) is 5.29. The van der Waals surface area contributed by atoms with Gasteiger partial charge in [-0.3, -0.25) is 14.5 Å². The van der Waals surface area contributed by atoms with Gasteiger partial charge in [0.25, 0.3) is 5.91 Å². The fourth-order valence-corrected chi connectivity index (χ4v) is 3.77. The maximum Gasteiger partial charge on any atom is 0.265 e. The average molecular weight is 398 g/mol. The zero-order valence-electron chi connectivity index (χ0n) is 16.8. The van der Waals surface area contributed by atoms with E-state index in [-0.39, 0.29) is 31.1 Å². The summed E-state index contributed by atoms with van der Waals surface area (Å²) < 4.78 is 16.9. The maximum absolute atomic E-state index is 13.2. The number of carbonyl (C=O) groups is 2. The number of ether oxygens (including phenoxy) is 2. The van der Waals surface area contributed by atoms with Crippen molar-refractivity contribution >= 4 is 17.5 Å². The van der Waals surface area contributed by atoms with Crippen molar-refractivity contribution < 1.29 is 23.5 Å². The SMILES string of the molecule is Cc1ccc2c(c1)N(CC(=O)N(Cc1ccc(C)o1)CC1CCCO1)C(=O)CO2. The number of hydrogen-bond acceptors (Lipinski definition) is 5. The molecule has 0 saturated carbocycles. The molecule has 2 aliphatic rings. The molecule has 7 heteroatoms. The smallest absolute Gasteiger partial charge is 0.265 e. The van der Waals surface area contributed by atoms with E-state index in [1.807, 2.05) is 44.2 Å². The van der Waals surface area contributed by atoms with E-state index < -0.39 is 0 Å². The molecule has 1 unspecified atom stereocenters. The van der Waals surface area contributed by atoms with Gasteiger partial charge in [-0.25, -0.2) is 0 Å². The van der Waals surface area contributed by atoms with Crippen molar-refractivity contribution in [1.29, 1.82) is 0 Å². The van der Waals surface area contributed by atoms with E-state index >= 15 is 0 Å². The van der Waals surface area contributed by atoms with Crippen LogP contribution in [-0.4, -0.2) is 49.1 Å². The van der Waals surface area contributed by atoms with Gasteiger partial charge in [-0.05, 0) is 56.5 Å². The Bertz CT molecular complexity index is 900. The minimum Gasteiger partial charge on any atom is -0.482 e. The van der Waals surface area contributed by atoms with Crippen LogP contribution in [0.25, 0.3) is 0 Å². The minimum absolute atomic E-state index is 0.0185. The highest BCUT2D eigenvalue weighted by molar-refractivity contribution is 6.02. The van der Waals surface area contributed by atoms with Crippen LogP contribution in [-0.2, 0) is 20.9 Å². The molecule has 1 aromatic carbocycles. The van der Waals surface area contributed by atoms with Crippen LogP contribution in [0.3, 0.4) is 0 Å². The van der Waals surface area contributed by atoms with Gasteiger partial charge in [0, 0.05) is 13.2 Å². The van der Waals surface area contributed by atoms with Crippen LogP contribution in [0, 0.1) is 13.8 Å². The summed E-state index contributed by atoms with van der Waals surface area (Å²) in [4.78, 5) is 29.0. The lowest BCUT2D eigenvalue weighted by Crippen LogP contribution is -2.47. The number of anilines is 1. The van der Waals surface area contributed by atoms with Gasteiger partial charge in [0.15, 0.2) is 6.61 Å². The Morgan fingerprint density at radius 1 is 1.24 bits per heavy atom. The maximum atomic E-state index is 13.2. The highest BCUT2D eigenvalue weighted by Crippen LogP contribution is 2.33. The molecule has 1 fully saturated rings. The second-order valence-electron chi connectivity index (χ2n) is 7.66. The number of carbonyl (C=O) groups excluding carboxylic acids is 2. The molecule has 0 radical (unpaired) electrons. The first-order valence-corrected chi connectivity index (χ1v) is 9.98. The molecule has 0 spiro atoms. The normalized spacial score (nSPS) is 18.5. The predicted octanol–water partition coefficient (Wildman–Crippen LogP) is 2.83. The van der Waals surface area contributed by atoms with Crippen molar-refractivity contribution in [3.63, 3.8) is 0 Å². The van der Waals surface area contributed by atoms with E-state index in [4.69, 9.17) is 13.9 Å². The number of aryl methyl sites for hydroxylation is 2. The Morgan fingerprint density at radius 2 is 2.10 bits per heavy atom. The highest BCUT2D eigenvalue weighted by Gasteiger charge is 2.30. The second kappa shape index (κ2) is 8.29. The third kappa shape index (κ3) is 4.45. The van der Waals surface area contributed by atoms with Gasteiger partial charge in [-0.1, -0.05) is 6.07 Å². The molecule has 29 heavy (non-hydrogen) atoms. The number of amides is 2. The molecule has 7 nitrogen and oxygen atoms in total. The number of rotatable bonds is 6. The molecule has 2 aromatic rings. The molecule has 1 atom stereocenters. The Balaban J connectivity index is 1.54. The van der Waals surface area contributed by atoms with Gasteiger partial charge in [0.1, 0.15) is 23.8 Å². The lowest BCUT2D eigenvalue weighted by molar-refractivity contribution is -0.134. The van der Waals surface area contributed by atoms with Crippen molar-refractivity contribution in [2.24, 2.45) is 0 Å². The average Bonchev–Trinajstić information content (AvgIpc) is 3.35. The monoisotopic (exact) mass is 398 g/mol. The van der Waals surface area contributed by atoms with E-state index in [1.54, 1.807) is 4.90 Å². The number of nitrogens with zero attached hydrogens (tertiary/aromatic N) is 2. The van der Waals surface area contributed by atoms with E-state index in [2.05, 4.69) is 0 Å². The zero-order chi connectivity index (χ0) is 20.4. The Morgan fingerprint density at radius 3 is 2.83 bits per heavy atom. The standard InChI is InChI=1S/C22H26N2O5/c1-15-5-8-20-19(10-15)24(22(26)14-28-20)13-21(25)23(11-17-4-3-9-27-17)12-18-7-6-16(2)29-18/h5-8,10,17H,3-4,9,11-14H2,1-2H3. The zero-order valence-corrected chi connectivity index (χ0v) is 16.8. The van der Waals surface area contributed by atoms with Gasteiger partial charge < -0.3 is 18.8 Å².